The van der Waals surface area contributed by atoms with Crippen LogP contribution in [0.2, 0.25) is 0 Å². The van der Waals surface area contributed by atoms with E-state index in [1.54, 1.807) is 0 Å². The molecule has 0 aliphatic carbocycles. The van der Waals surface area contributed by atoms with E-state index in [1.165, 1.54) is 0 Å². The molecule has 90 valence electrons. The maximum Gasteiger partial charge on any atom is 0.146 e. The van der Waals surface area contributed by atoms with Crippen LogP contribution in [0.4, 0.5) is 0 Å². The summed E-state index contributed by atoms with van der Waals surface area (Å²) in [4.78, 5) is 15.8. The monoisotopic (exact) mass is 214 g/mol. The predicted octanol–water partition coefficient (Wildman–Crippen LogP) is 1.49. The van der Waals surface area contributed by atoms with E-state index >= 15 is 0 Å². The minimum Gasteiger partial charge on any atom is -0.308 e. The predicted molar refractivity (Wildman–Crippen MR) is 65.1 cm³/mol. The van der Waals surface area contributed by atoms with E-state index in [0.29, 0.717) is 24.7 Å². The van der Waals surface area contributed by atoms with Gasteiger partial charge >= 0.3 is 0 Å². The van der Waals surface area contributed by atoms with Gasteiger partial charge in [-0.05, 0) is 20.0 Å². The van der Waals surface area contributed by atoms with E-state index < -0.39 is 0 Å². The molecule has 0 heterocycles. The van der Waals surface area contributed by atoms with Crippen LogP contribution in [0.1, 0.15) is 27.2 Å². The molecule has 0 radical (unpaired) electrons. The molecule has 0 amide bonds. The fraction of sp³-hybridized carbons (Fsp3) is 0.917. The van der Waals surface area contributed by atoms with Crippen LogP contribution in [0.5, 0.6) is 0 Å². The summed E-state index contributed by atoms with van der Waals surface area (Å²) in [6.07, 6.45) is 0.649. The van der Waals surface area contributed by atoms with Crippen LogP contribution < -0.4 is 0 Å². The van der Waals surface area contributed by atoms with Gasteiger partial charge in [0.05, 0.1) is 6.54 Å². The number of hydrogen-bond donors (Lipinski definition) is 0. The third kappa shape index (κ3) is 8.58. The van der Waals surface area contributed by atoms with E-state index in [9.17, 15) is 4.79 Å². The van der Waals surface area contributed by atoms with Gasteiger partial charge in [0.1, 0.15) is 5.78 Å². The van der Waals surface area contributed by atoms with E-state index in [4.69, 9.17) is 0 Å². The molecule has 0 rings (SSSR count). The molecule has 0 bridgehead atoms. The number of ketones is 1. The van der Waals surface area contributed by atoms with E-state index in [0.717, 1.165) is 19.6 Å². The smallest absolute Gasteiger partial charge is 0.146 e. The Morgan fingerprint density at radius 2 is 1.80 bits per heavy atom. The summed E-state index contributed by atoms with van der Waals surface area (Å²) in [5.41, 5.74) is 0. The lowest BCUT2D eigenvalue weighted by atomic mass is 10.2. The Morgan fingerprint density at radius 1 is 1.20 bits per heavy atom. The molecule has 3 nitrogen and oxygen atoms in total. The van der Waals surface area contributed by atoms with Crippen molar-refractivity contribution in [2.75, 3.05) is 40.3 Å². The topological polar surface area (TPSA) is 23.6 Å². The van der Waals surface area contributed by atoms with Crippen molar-refractivity contribution in [1.82, 2.24) is 9.80 Å². The zero-order valence-electron chi connectivity index (χ0n) is 10.9. The van der Waals surface area contributed by atoms with Gasteiger partial charge in [0, 0.05) is 26.1 Å². The van der Waals surface area contributed by atoms with Gasteiger partial charge in [-0.3, -0.25) is 9.69 Å². The Morgan fingerprint density at radius 3 is 2.20 bits per heavy atom. The molecule has 0 fully saturated rings. The number of rotatable bonds is 8. The third-order valence-corrected chi connectivity index (χ3v) is 2.28. The highest BCUT2D eigenvalue weighted by atomic mass is 16.1. The molecule has 0 aromatic heterocycles. The molecule has 0 aromatic rings. The average Bonchev–Trinajstić information content (AvgIpc) is 2.13. The summed E-state index contributed by atoms with van der Waals surface area (Å²) in [5, 5.41) is 0. The van der Waals surface area contributed by atoms with Crippen molar-refractivity contribution in [3.8, 4) is 0 Å². The largest absolute Gasteiger partial charge is 0.308 e. The highest BCUT2D eigenvalue weighted by Crippen LogP contribution is 1.99. The molecule has 15 heavy (non-hydrogen) atoms. The van der Waals surface area contributed by atoms with Crippen molar-refractivity contribution >= 4 is 5.78 Å². The minimum absolute atomic E-state index is 0.342. The summed E-state index contributed by atoms with van der Waals surface area (Å²) < 4.78 is 0. The van der Waals surface area contributed by atoms with Gasteiger partial charge in [0.15, 0.2) is 0 Å². The van der Waals surface area contributed by atoms with Gasteiger partial charge in [0.25, 0.3) is 0 Å². The molecule has 0 aromatic carbocycles. The van der Waals surface area contributed by atoms with Crippen molar-refractivity contribution in [3.63, 3.8) is 0 Å². The Hall–Kier alpha value is -0.410. The van der Waals surface area contributed by atoms with Gasteiger partial charge < -0.3 is 4.90 Å². The molecule has 0 N–H and O–H groups in total. The molecule has 0 unspecified atom stereocenters. The third-order valence-electron chi connectivity index (χ3n) is 2.28. The molecule has 0 saturated heterocycles. The van der Waals surface area contributed by atoms with E-state index in [2.05, 4.69) is 37.7 Å². The Bertz CT molecular complexity index is 178. The van der Waals surface area contributed by atoms with Crippen LogP contribution in [0.3, 0.4) is 0 Å². The lowest BCUT2D eigenvalue weighted by molar-refractivity contribution is -0.120. The Balaban J connectivity index is 4.00. The summed E-state index contributed by atoms with van der Waals surface area (Å²) in [6, 6.07) is 0. The van der Waals surface area contributed by atoms with Gasteiger partial charge in [-0.2, -0.15) is 0 Å². The van der Waals surface area contributed by atoms with Crippen LogP contribution in [0.25, 0.3) is 0 Å². The quantitative estimate of drug-likeness (QED) is 0.611. The lowest BCUT2D eigenvalue weighted by Gasteiger charge is -2.24. The van der Waals surface area contributed by atoms with Crippen LogP contribution in [-0.4, -0.2) is 55.9 Å². The molecule has 0 saturated carbocycles. The van der Waals surface area contributed by atoms with Crippen molar-refractivity contribution in [3.05, 3.63) is 0 Å². The number of nitrogens with zero attached hydrogens (tertiary/aromatic N) is 2. The van der Waals surface area contributed by atoms with Crippen molar-refractivity contribution in [1.29, 1.82) is 0 Å². The van der Waals surface area contributed by atoms with E-state index in [-0.39, 0.29) is 0 Å². The second-order valence-corrected chi connectivity index (χ2v) is 4.82. The molecule has 3 heteroatoms. The second-order valence-electron chi connectivity index (χ2n) is 4.82. The molecule has 0 aliphatic rings. The Kier molecular flexibility index (Phi) is 7.61. The molecular formula is C12H26N2O. The summed E-state index contributed by atoms with van der Waals surface area (Å²) >= 11 is 0. The van der Waals surface area contributed by atoms with Gasteiger partial charge in [-0.15, -0.1) is 0 Å². The van der Waals surface area contributed by atoms with Gasteiger partial charge in [-0.1, -0.05) is 20.8 Å². The first-order valence-corrected chi connectivity index (χ1v) is 5.84. The zero-order valence-corrected chi connectivity index (χ0v) is 10.9. The fourth-order valence-electron chi connectivity index (χ4n) is 1.45. The number of carbonyl (C=O) groups is 1. The molecule has 0 atom stereocenters. The average molecular weight is 214 g/mol. The standard InChI is InChI=1S/C12H26N2O/c1-6-12(15)10-14(9-11(2)3)8-7-13(4)5/h11H,6-10H2,1-5H3. The number of hydrogen-bond acceptors (Lipinski definition) is 3. The summed E-state index contributed by atoms with van der Waals surface area (Å²) in [7, 11) is 4.13. The summed E-state index contributed by atoms with van der Waals surface area (Å²) in [6.45, 7) is 9.95. The zero-order chi connectivity index (χ0) is 11.8. The van der Waals surface area contributed by atoms with Crippen LogP contribution in [0.15, 0.2) is 0 Å². The first kappa shape index (κ1) is 14.6. The first-order valence-electron chi connectivity index (χ1n) is 5.84. The number of Topliss-reactive ketones (excluding diaryl/α,β-unsaturated/α-hetero) is 1. The highest BCUT2D eigenvalue weighted by Gasteiger charge is 2.10. The van der Waals surface area contributed by atoms with E-state index in [1.807, 2.05) is 6.92 Å². The SMILES string of the molecule is CCC(=O)CN(CCN(C)C)CC(C)C. The number of likely N-dealkylation sites (N-methyl/N-ethyl adjacent to an activating group) is 1. The normalized spacial score (nSPS) is 11.7. The molecule has 0 spiro atoms. The van der Waals surface area contributed by atoms with Crippen LogP contribution in [0, 0.1) is 5.92 Å². The second kappa shape index (κ2) is 7.83. The molecular weight excluding hydrogens is 188 g/mol. The van der Waals surface area contributed by atoms with Crippen molar-refractivity contribution < 1.29 is 4.79 Å². The maximum absolute atomic E-state index is 11.4. The number of carbonyl (C=O) groups excluding carboxylic acids is 1. The minimum atomic E-state index is 0.342. The van der Waals surface area contributed by atoms with Gasteiger partial charge in [0.2, 0.25) is 0 Å². The van der Waals surface area contributed by atoms with Gasteiger partial charge in [-0.25, -0.2) is 0 Å². The van der Waals surface area contributed by atoms with Crippen molar-refractivity contribution in [2.24, 2.45) is 5.92 Å². The maximum atomic E-state index is 11.4. The lowest BCUT2D eigenvalue weighted by Crippen LogP contribution is -2.37. The molecule has 0 aliphatic heterocycles. The summed E-state index contributed by atoms with van der Waals surface area (Å²) in [5.74, 6) is 0.964. The highest BCUT2D eigenvalue weighted by molar-refractivity contribution is 5.80. The van der Waals surface area contributed by atoms with Crippen molar-refractivity contribution in [2.45, 2.75) is 27.2 Å². The fourth-order valence-corrected chi connectivity index (χ4v) is 1.45. The van der Waals surface area contributed by atoms with Crippen LogP contribution in [-0.2, 0) is 4.79 Å². The first-order chi connectivity index (χ1) is 6.95. The Labute approximate surface area is 94.4 Å². The van der Waals surface area contributed by atoms with Crippen LogP contribution >= 0.6 is 0 Å².